The number of nitrogen functional groups attached to an aromatic ring is 1. The van der Waals surface area contributed by atoms with Gasteiger partial charge in [0.1, 0.15) is 11.9 Å². The van der Waals surface area contributed by atoms with Crippen molar-refractivity contribution in [1.82, 2.24) is 4.98 Å². The highest BCUT2D eigenvalue weighted by Crippen LogP contribution is 2.43. The highest BCUT2D eigenvalue weighted by atomic mass is 16.5. The van der Waals surface area contributed by atoms with Gasteiger partial charge in [-0.25, -0.2) is 4.98 Å². The zero-order chi connectivity index (χ0) is 11.6. The molecule has 1 aromatic rings. The predicted molar refractivity (Wildman–Crippen MR) is 61.8 cm³/mol. The van der Waals surface area contributed by atoms with E-state index in [2.05, 4.69) is 4.98 Å². The molecule has 1 fully saturated rings. The van der Waals surface area contributed by atoms with Gasteiger partial charge in [-0.15, -0.1) is 0 Å². The van der Waals surface area contributed by atoms with E-state index < -0.39 is 11.7 Å². The number of pyridine rings is 1. The third-order valence-corrected chi connectivity index (χ3v) is 3.52. The van der Waals surface area contributed by atoms with Gasteiger partial charge in [0.25, 0.3) is 0 Å². The van der Waals surface area contributed by atoms with E-state index in [9.17, 15) is 5.11 Å². The number of aromatic nitrogens is 1. The van der Waals surface area contributed by atoms with E-state index >= 15 is 0 Å². The van der Waals surface area contributed by atoms with Crippen LogP contribution in [0.2, 0.25) is 0 Å². The van der Waals surface area contributed by atoms with Gasteiger partial charge in [0, 0.05) is 18.9 Å². The normalized spacial score (nSPS) is 20.9. The van der Waals surface area contributed by atoms with Gasteiger partial charge in [-0.2, -0.15) is 0 Å². The summed E-state index contributed by atoms with van der Waals surface area (Å²) in [6, 6.07) is 3.60. The molecule has 0 amide bonds. The number of anilines is 1. The van der Waals surface area contributed by atoms with E-state index in [1.54, 1.807) is 19.4 Å². The summed E-state index contributed by atoms with van der Waals surface area (Å²) in [4.78, 5) is 4.00. The van der Waals surface area contributed by atoms with Gasteiger partial charge in [-0.1, -0.05) is 18.9 Å². The smallest absolute Gasteiger partial charge is 0.129 e. The van der Waals surface area contributed by atoms with Crippen LogP contribution < -0.4 is 5.73 Å². The summed E-state index contributed by atoms with van der Waals surface area (Å²) in [6.07, 6.45) is 4.86. The maximum absolute atomic E-state index is 10.4. The second kappa shape index (κ2) is 4.39. The van der Waals surface area contributed by atoms with Gasteiger partial charge < -0.3 is 15.6 Å². The molecule has 1 saturated carbocycles. The number of aliphatic hydroxyl groups excluding tert-OH is 1. The summed E-state index contributed by atoms with van der Waals surface area (Å²) in [6.45, 7) is 0. The van der Waals surface area contributed by atoms with Crippen molar-refractivity contribution in [2.45, 2.75) is 37.4 Å². The summed E-state index contributed by atoms with van der Waals surface area (Å²) < 4.78 is 5.54. The third kappa shape index (κ3) is 1.79. The SMILES string of the molecule is COC1(C(O)c2cccnc2N)CCCC1. The molecule has 1 atom stereocenters. The minimum atomic E-state index is -0.686. The number of rotatable bonds is 3. The lowest BCUT2D eigenvalue weighted by atomic mass is 9.89. The Balaban J connectivity index is 2.30. The van der Waals surface area contributed by atoms with E-state index in [0.717, 1.165) is 25.7 Å². The number of methoxy groups -OCH3 is 1. The minimum Gasteiger partial charge on any atom is -0.385 e. The van der Waals surface area contributed by atoms with Crippen molar-refractivity contribution >= 4 is 5.82 Å². The van der Waals surface area contributed by atoms with E-state index in [0.29, 0.717) is 11.4 Å². The predicted octanol–water partition coefficient (Wildman–Crippen LogP) is 1.66. The number of nitrogens with zero attached hydrogens (tertiary/aromatic N) is 1. The lowest BCUT2D eigenvalue weighted by molar-refractivity contribution is -0.0999. The summed E-state index contributed by atoms with van der Waals surface area (Å²) in [5, 5.41) is 10.4. The van der Waals surface area contributed by atoms with Crippen molar-refractivity contribution in [1.29, 1.82) is 0 Å². The molecule has 0 saturated heterocycles. The number of hydrogen-bond donors (Lipinski definition) is 2. The minimum absolute atomic E-state index is 0.387. The Morgan fingerprint density at radius 2 is 2.19 bits per heavy atom. The van der Waals surface area contributed by atoms with Gasteiger partial charge in [-0.05, 0) is 18.9 Å². The fourth-order valence-electron chi connectivity index (χ4n) is 2.51. The van der Waals surface area contributed by atoms with E-state index in [1.807, 2.05) is 6.07 Å². The monoisotopic (exact) mass is 222 g/mol. The molecule has 4 nitrogen and oxygen atoms in total. The fourth-order valence-corrected chi connectivity index (χ4v) is 2.51. The first kappa shape index (κ1) is 11.4. The molecule has 16 heavy (non-hydrogen) atoms. The quantitative estimate of drug-likeness (QED) is 0.816. The van der Waals surface area contributed by atoms with E-state index in [1.165, 1.54) is 0 Å². The van der Waals surface area contributed by atoms with Crippen molar-refractivity contribution in [3.8, 4) is 0 Å². The molecule has 0 aromatic carbocycles. The first-order valence-electron chi connectivity index (χ1n) is 5.63. The summed E-state index contributed by atoms with van der Waals surface area (Å²) in [5.41, 5.74) is 5.97. The van der Waals surface area contributed by atoms with E-state index in [4.69, 9.17) is 10.5 Å². The zero-order valence-corrected chi connectivity index (χ0v) is 9.52. The molecule has 0 radical (unpaired) electrons. The highest BCUT2D eigenvalue weighted by Gasteiger charge is 2.42. The second-order valence-corrected chi connectivity index (χ2v) is 4.36. The molecule has 1 aliphatic rings. The lowest BCUT2D eigenvalue weighted by Gasteiger charge is -2.33. The number of hydrogen-bond acceptors (Lipinski definition) is 4. The summed E-state index contributed by atoms with van der Waals surface area (Å²) in [5.74, 6) is 0.387. The van der Waals surface area contributed by atoms with Crippen LogP contribution in [0.5, 0.6) is 0 Å². The van der Waals surface area contributed by atoms with Crippen molar-refractivity contribution in [2.75, 3.05) is 12.8 Å². The van der Waals surface area contributed by atoms with Crippen molar-refractivity contribution < 1.29 is 9.84 Å². The molecule has 2 rings (SSSR count). The van der Waals surface area contributed by atoms with Crippen LogP contribution >= 0.6 is 0 Å². The van der Waals surface area contributed by atoms with Crippen LogP contribution in [-0.2, 0) is 4.74 Å². The number of nitrogens with two attached hydrogens (primary N) is 1. The van der Waals surface area contributed by atoms with Gasteiger partial charge in [0.2, 0.25) is 0 Å². The van der Waals surface area contributed by atoms with Crippen LogP contribution in [0, 0.1) is 0 Å². The zero-order valence-electron chi connectivity index (χ0n) is 9.52. The molecule has 4 heteroatoms. The summed E-state index contributed by atoms with van der Waals surface area (Å²) in [7, 11) is 1.65. The molecule has 88 valence electrons. The van der Waals surface area contributed by atoms with Crippen LogP contribution in [0.4, 0.5) is 5.82 Å². The highest BCUT2D eigenvalue weighted by molar-refractivity contribution is 5.41. The first-order valence-corrected chi connectivity index (χ1v) is 5.63. The van der Waals surface area contributed by atoms with Crippen LogP contribution in [0.25, 0.3) is 0 Å². The average Bonchev–Trinajstić information content (AvgIpc) is 2.78. The third-order valence-electron chi connectivity index (χ3n) is 3.52. The molecule has 1 heterocycles. The fraction of sp³-hybridized carbons (Fsp3) is 0.583. The number of aliphatic hydroxyl groups is 1. The van der Waals surface area contributed by atoms with Gasteiger partial charge >= 0.3 is 0 Å². The van der Waals surface area contributed by atoms with Crippen molar-refractivity contribution in [3.63, 3.8) is 0 Å². The van der Waals surface area contributed by atoms with Crippen LogP contribution in [0.15, 0.2) is 18.3 Å². The van der Waals surface area contributed by atoms with E-state index in [-0.39, 0.29) is 0 Å². The molecular weight excluding hydrogens is 204 g/mol. The second-order valence-electron chi connectivity index (χ2n) is 4.36. The van der Waals surface area contributed by atoms with Crippen LogP contribution in [-0.4, -0.2) is 22.8 Å². The maximum atomic E-state index is 10.4. The maximum Gasteiger partial charge on any atom is 0.129 e. The Labute approximate surface area is 95.4 Å². The molecule has 0 aliphatic heterocycles. The van der Waals surface area contributed by atoms with Gasteiger partial charge in [0.05, 0.1) is 5.60 Å². The molecule has 3 N–H and O–H groups in total. The Hall–Kier alpha value is -1.13. The van der Waals surface area contributed by atoms with Gasteiger partial charge in [0.15, 0.2) is 0 Å². The Bertz CT molecular complexity index is 362. The van der Waals surface area contributed by atoms with Gasteiger partial charge in [-0.3, -0.25) is 0 Å². The van der Waals surface area contributed by atoms with Crippen LogP contribution in [0.3, 0.4) is 0 Å². The molecule has 0 bridgehead atoms. The summed E-state index contributed by atoms with van der Waals surface area (Å²) >= 11 is 0. The molecular formula is C12H18N2O2. The lowest BCUT2D eigenvalue weighted by Crippen LogP contribution is -2.35. The molecule has 1 unspecified atom stereocenters. The number of ether oxygens (including phenoxy) is 1. The largest absolute Gasteiger partial charge is 0.385 e. The Morgan fingerprint density at radius 1 is 1.50 bits per heavy atom. The molecule has 0 spiro atoms. The first-order chi connectivity index (χ1) is 7.69. The molecule has 1 aliphatic carbocycles. The Morgan fingerprint density at radius 3 is 2.75 bits per heavy atom. The van der Waals surface area contributed by atoms with Crippen molar-refractivity contribution in [3.05, 3.63) is 23.9 Å². The standard InChI is InChI=1S/C12H18N2O2/c1-16-12(6-2-3-7-12)10(15)9-5-4-8-14-11(9)13/h4-5,8,10,15H,2-3,6-7H2,1H3,(H2,13,14). The van der Waals surface area contributed by atoms with Crippen LogP contribution in [0.1, 0.15) is 37.4 Å². The topological polar surface area (TPSA) is 68.4 Å². The molecule has 1 aromatic heterocycles. The van der Waals surface area contributed by atoms with Crippen molar-refractivity contribution in [2.24, 2.45) is 0 Å². The Kier molecular flexibility index (Phi) is 3.12. The average molecular weight is 222 g/mol.